The Hall–Kier alpha value is -2.57. The molecule has 0 atom stereocenters. The predicted octanol–water partition coefficient (Wildman–Crippen LogP) is 1.66. The molecule has 0 saturated carbocycles. The molecule has 100 valence electrons. The lowest BCUT2D eigenvalue weighted by atomic mass is 10.2. The lowest BCUT2D eigenvalue weighted by Crippen LogP contribution is -2.04. The van der Waals surface area contributed by atoms with Gasteiger partial charge in [0.1, 0.15) is 17.1 Å². The monoisotopic (exact) mass is 264 g/mol. The maximum atomic E-state index is 11.1. The zero-order valence-corrected chi connectivity index (χ0v) is 10.4. The summed E-state index contributed by atoms with van der Waals surface area (Å²) in [4.78, 5) is 15.0. The molecule has 0 bridgehead atoms. The third-order valence-electron chi connectivity index (χ3n) is 2.34. The van der Waals surface area contributed by atoms with E-state index in [1.54, 1.807) is 13.0 Å². The molecule has 7 nitrogen and oxygen atoms in total. The minimum Gasteiger partial charge on any atom is -0.497 e. The molecule has 19 heavy (non-hydrogen) atoms. The van der Waals surface area contributed by atoms with Gasteiger partial charge in [0.2, 0.25) is 0 Å². The van der Waals surface area contributed by atoms with Crippen molar-refractivity contribution in [1.82, 2.24) is 10.1 Å². The highest BCUT2D eigenvalue weighted by molar-refractivity contribution is 5.91. The first-order valence-electron chi connectivity index (χ1n) is 5.43. The van der Waals surface area contributed by atoms with Gasteiger partial charge in [-0.15, -0.1) is 0 Å². The molecule has 1 aromatic carbocycles. The Morgan fingerprint density at radius 2 is 2.26 bits per heavy atom. The van der Waals surface area contributed by atoms with Crippen LogP contribution >= 0.6 is 0 Å². The standard InChI is InChI=1S/C12H12N2O5/c1-7-13-11(19-14-7)6-18-10-5-8(17-2)3-4-9(10)12(15)16/h3-5H,6H2,1-2H3,(H,15,16). The SMILES string of the molecule is COc1ccc(C(=O)O)c(OCc2nc(C)no2)c1. The first kappa shape index (κ1) is 12.9. The summed E-state index contributed by atoms with van der Waals surface area (Å²) in [5.41, 5.74) is 0.0389. The highest BCUT2D eigenvalue weighted by Crippen LogP contribution is 2.25. The minimum atomic E-state index is -1.08. The summed E-state index contributed by atoms with van der Waals surface area (Å²) in [6, 6.07) is 4.45. The van der Waals surface area contributed by atoms with Crippen LogP contribution in [0.1, 0.15) is 22.1 Å². The van der Waals surface area contributed by atoms with E-state index < -0.39 is 5.97 Å². The van der Waals surface area contributed by atoms with Crippen LogP contribution in [0.15, 0.2) is 22.7 Å². The second-order valence-electron chi connectivity index (χ2n) is 3.69. The fourth-order valence-electron chi connectivity index (χ4n) is 1.46. The Labute approximate surface area is 108 Å². The average molecular weight is 264 g/mol. The van der Waals surface area contributed by atoms with E-state index in [9.17, 15) is 4.79 Å². The molecule has 1 heterocycles. The van der Waals surface area contributed by atoms with E-state index in [1.807, 2.05) is 0 Å². The van der Waals surface area contributed by atoms with Crippen LogP contribution in [0.25, 0.3) is 0 Å². The van der Waals surface area contributed by atoms with Crippen LogP contribution in [0.3, 0.4) is 0 Å². The molecule has 0 radical (unpaired) electrons. The number of hydrogen-bond acceptors (Lipinski definition) is 6. The van der Waals surface area contributed by atoms with Crippen LogP contribution in [-0.4, -0.2) is 28.3 Å². The second-order valence-corrected chi connectivity index (χ2v) is 3.69. The number of ether oxygens (including phenoxy) is 2. The van der Waals surface area contributed by atoms with E-state index in [4.69, 9.17) is 19.1 Å². The Morgan fingerprint density at radius 3 is 2.84 bits per heavy atom. The third-order valence-corrected chi connectivity index (χ3v) is 2.34. The molecule has 0 saturated heterocycles. The van der Waals surface area contributed by atoms with Crippen molar-refractivity contribution in [2.75, 3.05) is 7.11 Å². The number of aromatic nitrogens is 2. The number of carboxylic acids is 1. The van der Waals surface area contributed by atoms with Crippen molar-refractivity contribution >= 4 is 5.97 Å². The van der Waals surface area contributed by atoms with Crippen molar-refractivity contribution < 1.29 is 23.9 Å². The summed E-state index contributed by atoms with van der Waals surface area (Å²) in [5.74, 6) is 0.364. The van der Waals surface area contributed by atoms with Gasteiger partial charge in [-0.3, -0.25) is 0 Å². The van der Waals surface area contributed by atoms with E-state index in [1.165, 1.54) is 19.2 Å². The van der Waals surface area contributed by atoms with E-state index >= 15 is 0 Å². The molecule has 2 rings (SSSR count). The van der Waals surface area contributed by atoms with Gasteiger partial charge in [-0.1, -0.05) is 5.16 Å². The van der Waals surface area contributed by atoms with Gasteiger partial charge in [-0.05, 0) is 19.1 Å². The van der Waals surface area contributed by atoms with E-state index in [-0.39, 0.29) is 23.8 Å². The van der Waals surface area contributed by atoms with Crippen molar-refractivity contribution in [3.05, 3.63) is 35.5 Å². The molecule has 7 heteroatoms. The van der Waals surface area contributed by atoms with Crippen molar-refractivity contribution in [2.45, 2.75) is 13.5 Å². The zero-order valence-electron chi connectivity index (χ0n) is 10.4. The molecule has 2 aromatic rings. The highest BCUT2D eigenvalue weighted by Gasteiger charge is 2.14. The van der Waals surface area contributed by atoms with Crippen LogP contribution in [0.2, 0.25) is 0 Å². The molecular weight excluding hydrogens is 252 g/mol. The number of methoxy groups -OCH3 is 1. The van der Waals surface area contributed by atoms with Crippen molar-refractivity contribution in [1.29, 1.82) is 0 Å². The lowest BCUT2D eigenvalue weighted by Gasteiger charge is -2.08. The predicted molar refractivity (Wildman–Crippen MR) is 63.3 cm³/mol. The summed E-state index contributed by atoms with van der Waals surface area (Å²) in [6.07, 6.45) is 0. The van der Waals surface area contributed by atoms with E-state index in [2.05, 4.69) is 10.1 Å². The summed E-state index contributed by atoms with van der Waals surface area (Å²) < 4.78 is 15.3. The summed E-state index contributed by atoms with van der Waals surface area (Å²) >= 11 is 0. The number of nitrogens with zero attached hydrogens (tertiary/aromatic N) is 2. The fraction of sp³-hybridized carbons (Fsp3) is 0.250. The van der Waals surface area contributed by atoms with Gasteiger partial charge in [0.15, 0.2) is 12.4 Å². The van der Waals surface area contributed by atoms with Gasteiger partial charge in [-0.25, -0.2) is 4.79 Å². The molecule has 0 unspecified atom stereocenters. The molecule has 0 spiro atoms. The average Bonchev–Trinajstić information content (AvgIpc) is 2.81. The van der Waals surface area contributed by atoms with E-state index in [0.717, 1.165) is 0 Å². The number of rotatable bonds is 5. The quantitative estimate of drug-likeness (QED) is 0.877. The molecule has 0 amide bonds. The molecule has 1 aromatic heterocycles. The number of carboxylic acid groups (broad SMARTS) is 1. The topological polar surface area (TPSA) is 94.7 Å². The minimum absolute atomic E-state index is 0.00567. The molecule has 0 aliphatic rings. The Morgan fingerprint density at radius 1 is 1.47 bits per heavy atom. The van der Waals surface area contributed by atoms with Gasteiger partial charge in [0, 0.05) is 6.07 Å². The summed E-state index contributed by atoms with van der Waals surface area (Å²) in [7, 11) is 1.49. The summed E-state index contributed by atoms with van der Waals surface area (Å²) in [6.45, 7) is 1.68. The Kier molecular flexibility index (Phi) is 3.65. The van der Waals surface area contributed by atoms with Crippen LogP contribution in [-0.2, 0) is 6.61 Å². The van der Waals surface area contributed by atoms with Crippen LogP contribution in [0.5, 0.6) is 11.5 Å². The van der Waals surface area contributed by atoms with Crippen LogP contribution < -0.4 is 9.47 Å². The molecule has 1 N–H and O–H groups in total. The molecule has 0 aliphatic carbocycles. The fourth-order valence-corrected chi connectivity index (χ4v) is 1.46. The first-order chi connectivity index (χ1) is 9.10. The van der Waals surface area contributed by atoms with Gasteiger partial charge < -0.3 is 19.1 Å². The zero-order chi connectivity index (χ0) is 13.8. The van der Waals surface area contributed by atoms with Gasteiger partial charge in [0.25, 0.3) is 5.89 Å². The molecule has 0 fully saturated rings. The number of hydrogen-bond donors (Lipinski definition) is 1. The normalized spacial score (nSPS) is 10.2. The van der Waals surface area contributed by atoms with Crippen molar-refractivity contribution in [3.63, 3.8) is 0 Å². The highest BCUT2D eigenvalue weighted by atomic mass is 16.5. The summed E-state index contributed by atoms with van der Waals surface area (Å²) in [5, 5.41) is 12.7. The van der Waals surface area contributed by atoms with Crippen LogP contribution in [0.4, 0.5) is 0 Å². The maximum absolute atomic E-state index is 11.1. The molecular formula is C12H12N2O5. The third kappa shape index (κ3) is 3.01. The van der Waals surface area contributed by atoms with Crippen LogP contribution in [0, 0.1) is 6.92 Å². The van der Waals surface area contributed by atoms with Gasteiger partial charge in [0.05, 0.1) is 7.11 Å². The first-order valence-corrected chi connectivity index (χ1v) is 5.43. The second kappa shape index (κ2) is 5.38. The number of benzene rings is 1. The Bertz CT molecular complexity index is 594. The molecule has 0 aliphatic heterocycles. The largest absolute Gasteiger partial charge is 0.497 e. The van der Waals surface area contributed by atoms with Gasteiger partial charge in [-0.2, -0.15) is 4.98 Å². The smallest absolute Gasteiger partial charge is 0.339 e. The maximum Gasteiger partial charge on any atom is 0.339 e. The lowest BCUT2D eigenvalue weighted by molar-refractivity contribution is 0.0691. The van der Waals surface area contributed by atoms with Crippen molar-refractivity contribution in [2.24, 2.45) is 0 Å². The Balaban J connectivity index is 2.19. The number of aromatic carboxylic acids is 1. The van der Waals surface area contributed by atoms with Crippen molar-refractivity contribution in [3.8, 4) is 11.5 Å². The number of carbonyl (C=O) groups is 1. The number of aryl methyl sites for hydroxylation is 1. The van der Waals surface area contributed by atoms with Gasteiger partial charge >= 0.3 is 5.97 Å². The van der Waals surface area contributed by atoms with E-state index in [0.29, 0.717) is 11.6 Å².